The van der Waals surface area contributed by atoms with Crippen LogP contribution in [0, 0.1) is 0 Å². The fraction of sp³-hybridized carbons (Fsp3) is 0.872. The van der Waals surface area contributed by atoms with E-state index in [4.69, 9.17) is 14.2 Å². The van der Waals surface area contributed by atoms with Crippen LogP contribution in [0.2, 0.25) is 0 Å². The highest BCUT2D eigenvalue weighted by molar-refractivity contribution is 5.70. The molecule has 0 aliphatic rings. The minimum atomic E-state index is -0.534. The van der Waals surface area contributed by atoms with E-state index in [9.17, 15) is 9.59 Å². The van der Waals surface area contributed by atoms with Crippen LogP contribution in [0.25, 0.3) is 0 Å². The lowest BCUT2D eigenvalue weighted by atomic mass is 10.1. The molecule has 0 spiro atoms. The van der Waals surface area contributed by atoms with Gasteiger partial charge in [0.05, 0.1) is 6.61 Å². The number of allylic oxidation sites excluding steroid dienone is 4. The maximum atomic E-state index is 12.7. The molecule has 1 unspecified atom stereocenters. The van der Waals surface area contributed by atoms with Crippen molar-refractivity contribution < 1.29 is 23.8 Å². The Morgan fingerprint density at radius 2 is 0.769 bits per heavy atom. The Bertz CT molecular complexity index is 791. The number of unbranched alkanes of at least 4 members (excludes halogenated alkanes) is 27. The normalized spacial score (nSPS) is 12.3. The van der Waals surface area contributed by atoms with Gasteiger partial charge in [-0.05, 0) is 64.2 Å². The quantitative estimate of drug-likeness (QED) is 0.0355. The number of esters is 2. The molecule has 0 saturated heterocycles. The Labute approximate surface area is 324 Å². The average molecular weight is 733 g/mol. The first-order chi connectivity index (χ1) is 25.6. The maximum absolute atomic E-state index is 12.7. The van der Waals surface area contributed by atoms with Gasteiger partial charge in [-0.1, -0.05) is 186 Å². The highest BCUT2D eigenvalue weighted by Gasteiger charge is 2.17. The largest absolute Gasteiger partial charge is 0.462 e. The molecule has 0 fully saturated rings. The van der Waals surface area contributed by atoms with Crippen LogP contribution in [0.4, 0.5) is 0 Å². The lowest BCUT2D eigenvalue weighted by Crippen LogP contribution is -2.30. The summed E-state index contributed by atoms with van der Waals surface area (Å²) in [6, 6.07) is 0. The van der Waals surface area contributed by atoms with E-state index in [1.165, 1.54) is 148 Å². The first-order valence-corrected chi connectivity index (χ1v) is 22.9. The lowest BCUT2D eigenvalue weighted by Gasteiger charge is -2.18. The first-order valence-electron chi connectivity index (χ1n) is 22.9. The zero-order chi connectivity index (χ0) is 37.8. The molecular formula is C47H88O5. The van der Waals surface area contributed by atoms with Crippen molar-refractivity contribution in [2.45, 2.75) is 245 Å². The Morgan fingerprint density at radius 3 is 1.25 bits per heavy atom. The van der Waals surface area contributed by atoms with Gasteiger partial charge in [0.2, 0.25) is 0 Å². The van der Waals surface area contributed by atoms with Crippen LogP contribution < -0.4 is 0 Å². The van der Waals surface area contributed by atoms with Gasteiger partial charge in [0.25, 0.3) is 0 Å². The van der Waals surface area contributed by atoms with Crippen molar-refractivity contribution in [1.29, 1.82) is 0 Å². The minimum Gasteiger partial charge on any atom is -0.462 e. The Hall–Kier alpha value is -1.62. The summed E-state index contributed by atoms with van der Waals surface area (Å²) < 4.78 is 17.3. The van der Waals surface area contributed by atoms with Crippen LogP contribution in [0.1, 0.15) is 239 Å². The smallest absolute Gasteiger partial charge is 0.306 e. The lowest BCUT2D eigenvalue weighted by molar-refractivity contribution is -0.163. The number of hydrogen-bond acceptors (Lipinski definition) is 5. The molecule has 0 amide bonds. The molecular weight excluding hydrogens is 645 g/mol. The van der Waals surface area contributed by atoms with Gasteiger partial charge in [-0.3, -0.25) is 9.59 Å². The zero-order valence-corrected chi connectivity index (χ0v) is 35.1. The van der Waals surface area contributed by atoms with E-state index in [1.54, 1.807) is 0 Å². The second kappa shape index (κ2) is 43.8. The predicted molar refractivity (Wildman–Crippen MR) is 224 cm³/mol. The molecule has 5 nitrogen and oxygen atoms in total. The summed E-state index contributed by atoms with van der Waals surface area (Å²) in [5, 5.41) is 0. The van der Waals surface area contributed by atoms with Crippen molar-refractivity contribution in [3.63, 3.8) is 0 Å². The van der Waals surface area contributed by atoms with Crippen molar-refractivity contribution in [3.05, 3.63) is 24.3 Å². The Balaban J connectivity index is 4.24. The molecule has 0 bridgehead atoms. The summed E-state index contributed by atoms with van der Waals surface area (Å²) in [7, 11) is 0. The number of rotatable bonds is 42. The highest BCUT2D eigenvalue weighted by Crippen LogP contribution is 2.14. The van der Waals surface area contributed by atoms with E-state index in [0.29, 0.717) is 19.4 Å². The molecule has 52 heavy (non-hydrogen) atoms. The molecule has 0 aliphatic heterocycles. The van der Waals surface area contributed by atoms with E-state index in [2.05, 4.69) is 45.1 Å². The number of carbonyl (C=O) groups excluding carboxylic acids is 2. The first kappa shape index (κ1) is 50.4. The van der Waals surface area contributed by atoms with Crippen LogP contribution in [-0.4, -0.2) is 37.9 Å². The van der Waals surface area contributed by atoms with E-state index >= 15 is 0 Å². The number of carbonyl (C=O) groups is 2. The summed E-state index contributed by atoms with van der Waals surface area (Å²) in [4.78, 5) is 25.2. The van der Waals surface area contributed by atoms with Crippen LogP contribution in [0.3, 0.4) is 0 Å². The fourth-order valence-electron chi connectivity index (χ4n) is 6.48. The molecule has 0 aromatic rings. The van der Waals surface area contributed by atoms with Gasteiger partial charge in [0.1, 0.15) is 6.61 Å². The molecule has 1 atom stereocenters. The average Bonchev–Trinajstić information content (AvgIpc) is 3.14. The molecule has 0 aliphatic carbocycles. The molecule has 0 N–H and O–H groups in total. The van der Waals surface area contributed by atoms with Gasteiger partial charge in [0.15, 0.2) is 6.10 Å². The van der Waals surface area contributed by atoms with Gasteiger partial charge < -0.3 is 14.2 Å². The molecule has 0 aromatic heterocycles. The number of ether oxygens (including phenoxy) is 3. The molecule has 0 saturated carbocycles. The topological polar surface area (TPSA) is 61.8 Å². The summed E-state index contributed by atoms with van der Waals surface area (Å²) in [5.41, 5.74) is 0. The van der Waals surface area contributed by atoms with Crippen molar-refractivity contribution in [1.82, 2.24) is 0 Å². The monoisotopic (exact) mass is 733 g/mol. The van der Waals surface area contributed by atoms with Gasteiger partial charge in [0, 0.05) is 19.4 Å². The third-order valence-electron chi connectivity index (χ3n) is 9.96. The third-order valence-corrected chi connectivity index (χ3v) is 9.96. The maximum Gasteiger partial charge on any atom is 0.306 e. The van der Waals surface area contributed by atoms with Crippen LogP contribution in [0.15, 0.2) is 24.3 Å². The van der Waals surface area contributed by atoms with Crippen molar-refractivity contribution >= 4 is 11.9 Å². The molecule has 5 heteroatoms. The highest BCUT2D eigenvalue weighted by atomic mass is 16.6. The number of hydrogen-bond donors (Lipinski definition) is 0. The van der Waals surface area contributed by atoms with Crippen LogP contribution in [0.5, 0.6) is 0 Å². The van der Waals surface area contributed by atoms with Crippen molar-refractivity contribution in [3.8, 4) is 0 Å². The van der Waals surface area contributed by atoms with Gasteiger partial charge in [-0.2, -0.15) is 0 Å². The van der Waals surface area contributed by atoms with E-state index in [1.807, 2.05) is 0 Å². The minimum absolute atomic E-state index is 0.0829. The summed E-state index contributed by atoms with van der Waals surface area (Å²) in [5.74, 6) is -0.409. The molecule has 0 radical (unpaired) electrons. The Morgan fingerprint density at radius 1 is 0.404 bits per heavy atom. The standard InChI is InChI=1S/C47H88O5/c1-4-7-10-13-16-19-22-24-26-28-31-34-37-40-46(48)51-44-45(43-50-42-39-36-33-30-27-23-20-17-14-11-8-5-2)52-47(49)41-38-35-32-29-25-21-18-15-12-9-6-3/h15,18-19,22,45H,4-14,16-17,20-21,23-44H2,1-3H3/b18-15-,22-19-. The van der Waals surface area contributed by atoms with Crippen LogP contribution in [-0.2, 0) is 23.8 Å². The molecule has 0 heterocycles. The Kier molecular flexibility index (Phi) is 42.4. The summed E-state index contributed by atoms with van der Waals surface area (Å²) >= 11 is 0. The fourth-order valence-corrected chi connectivity index (χ4v) is 6.48. The van der Waals surface area contributed by atoms with E-state index < -0.39 is 6.10 Å². The van der Waals surface area contributed by atoms with Gasteiger partial charge >= 0.3 is 11.9 Å². The molecule has 0 aromatic carbocycles. The van der Waals surface area contributed by atoms with Crippen molar-refractivity contribution in [2.24, 2.45) is 0 Å². The van der Waals surface area contributed by atoms with Gasteiger partial charge in [-0.15, -0.1) is 0 Å². The van der Waals surface area contributed by atoms with Gasteiger partial charge in [-0.25, -0.2) is 0 Å². The molecule has 306 valence electrons. The SMILES string of the molecule is CCCC/C=C\CCCCCCCC(=O)OC(COCCCCCCCCCCCCCC)COC(=O)CCCCCCC/C=C\CCCCCC. The second-order valence-electron chi connectivity index (χ2n) is 15.3. The summed E-state index contributed by atoms with van der Waals surface area (Å²) in [6.07, 6.45) is 48.8. The predicted octanol–water partition coefficient (Wildman–Crippen LogP) is 14.9. The zero-order valence-electron chi connectivity index (χ0n) is 35.1. The van der Waals surface area contributed by atoms with E-state index in [-0.39, 0.29) is 25.2 Å². The van der Waals surface area contributed by atoms with E-state index in [0.717, 1.165) is 57.8 Å². The third kappa shape index (κ3) is 41.1. The molecule has 0 rings (SSSR count). The van der Waals surface area contributed by atoms with Crippen LogP contribution >= 0.6 is 0 Å². The van der Waals surface area contributed by atoms with Crippen molar-refractivity contribution in [2.75, 3.05) is 19.8 Å². The second-order valence-corrected chi connectivity index (χ2v) is 15.3. The summed E-state index contributed by atoms with van der Waals surface area (Å²) in [6.45, 7) is 7.78.